The van der Waals surface area contributed by atoms with Crippen molar-refractivity contribution >= 4 is 41.6 Å². The van der Waals surface area contributed by atoms with Crippen molar-refractivity contribution in [1.29, 1.82) is 0 Å². The maximum Gasteiger partial charge on any atom is 0.405 e. The van der Waals surface area contributed by atoms with E-state index < -0.39 is 32.6 Å². The average Bonchev–Trinajstić information content (AvgIpc) is 2.32. The lowest BCUT2D eigenvalue weighted by molar-refractivity contribution is -0.123. The molecule has 0 fully saturated rings. The van der Waals surface area contributed by atoms with Crippen molar-refractivity contribution in [3.05, 3.63) is 22.2 Å². The first-order chi connectivity index (χ1) is 9.45. The molecule has 1 aromatic rings. The SMILES string of the molecule is COc1c(Br)cc(C(=O)NCC(F)(F)F)cc1S(=O)(=O)Cl. The zero-order valence-electron chi connectivity index (χ0n) is 10.3. The van der Waals surface area contributed by atoms with Crippen LogP contribution >= 0.6 is 26.6 Å². The Balaban J connectivity index is 3.22. The number of hydrogen-bond donors (Lipinski definition) is 1. The second kappa shape index (κ2) is 6.41. The van der Waals surface area contributed by atoms with E-state index in [0.717, 1.165) is 12.1 Å². The van der Waals surface area contributed by atoms with Gasteiger partial charge < -0.3 is 10.1 Å². The number of alkyl halides is 3. The molecule has 5 nitrogen and oxygen atoms in total. The second-order valence-electron chi connectivity index (χ2n) is 3.73. The molecular formula is C10H8BrClF3NO4S. The van der Waals surface area contributed by atoms with Gasteiger partial charge in [0.2, 0.25) is 0 Å². The molecule has 0 bridgehead atoms. The summed E-state index contributed by atoms with van der Waals surface area (Å²) in [7, 11) is 2.12. The molecule has 0 unspecified atom stereocenters. The largest absolute Gasteiger partial charge is 0.494 e. The number of nitrogens with one attached hydrogen (secondary N) is 1. The number of carbonyl (C=O) groups excluding carboxylic acids is 1. The first-order valence-electron chi connectivity index (χ1n) is 5.13. The lowest BCUT2D eigenvalue weighted by Crippen LogP contribution is -2.33. The van der Waals surface area contributed by atoms with Crippen molar-refractivity contribution in [3.63, 3.8) is 0 Å². The van der Waals surface area contributed by atoms with Crippen molar-refractivity contribution < 1.29 is 31.1 Å². The molecule has 1 rings (SSSR count). The third kappa shape index (κ3) is 5.04. The topological polar surface area (TPSA) is 72.5 Å². The number of halogens is 5. The number of carbonyl (C=O) groups is 1. The van der Waals surface area contributed by atoms with Gasteiger partial charge >= 0.3 is 6.18 Å². The van der Waals surface area contributed by atoms with Gasteiger partial charge in [0.25, 0.3) is 15.0 Å². The smallest absolute Gasteiger partial charge is 0.405 e. The van der Waals surface area contributed by atoms with E-state index in [-0.39, 0.29) is 15.8 Å². The first-order valence-corrected chi connectivity index (χ1v) is 8.23. The van der Waals surface area contributed by atoms with Crippen LogP contribution < -0.4 is 10.1 Å². The van der Waals surface area contributed by atoms with Gasteiger partial charge in [-0.25, -0.2) is 8.42 Å². The highest BCUT2D eigenvalue weighted by molar-refractivity contribution is 9.10. The molecule has 0 radical (unpaired) electrons. The number of benzene rings is 1. The number of hydrogen-bond acceptors (Lipinski definition) is 4. The van der Waals surface area contributed by atoms with Crippen LogP contribution in [-0.2, 0) is 9.05 Å². The second-order valence-corrected chi connectivity index (χ2v) is 7.11. The van der Waals surface area contributed by atoms with E-state index in [1.165, 1.54) is 7.11 Å². The van der Waals surface area contributed by atoms with Crippen molar-refractivity contribution in [2.75, 3.05) is 13.7 Å². The third-order valence-corrected chi connectivity index (χ3v) is 4.10. The Hall–Kier alpha value is -1.00. The van der Waals surface area contributed by atoms with E-state index in [9.17, 15) is 26.4 Å². The van der Waals surface area contributed by atoms with Gasteiger partial charge in [0.05, 0.1) is 11.6 Å². The molecule has 0 heterocycles. The van der Waals surface area contributed by atoms with Gasteiger partial charge in [0, 0.05) is 16.2 Å². The van der Waals surface area contributed by atoms with E-state index in [4.69, 9.17) is 15.4 Å². The molecule has 0 saturated heterocycles. The lowest BCUT2D eigenvalue weighted by Gasteiger charge is -2.12. The summed E-state index contributed by atoms with van der Waals surface area (Å²) in [5.74, 6) is -1.25. The number of ether oxygens (including phenoxy) is 1. The Labute approximate surface area is 131 Å². The molecule has 0 aliphatic heterocycles. The van der Waals surface area contributed by atoms with Crippen LogP contribution in [0.15, 0.2) is 21.5 Å². The Morgan fingerprint density at radius 2 is 2.00 bits per heavy atom. The molecule has 11 heteroatoms. The molecule has 1 amide bonds. The number of methoxy groups -OCH3 is 1. The Bertz CT molecular complexity index is 663. The van der Waals surface area contributed by atoms with Crippen molar-refractivity contribution in [3.8, 4) is 5.75 Å². The fraction of sp³-hybridized carbons (Fsp3) is 0.300. The molecule has 0 aliphatic carbocycles. The summed E-state index contributed by atoms with van der Waals surface area (Å²) in [4.78, 5) is 11.1. The number of rotatable bonds is 4. The Morgan fingerprint density at radius 3 is 2.43 bits per heavy atom. The molecule has 0 spiro atoms. The van der Waals surface area contributed by atoms with Crippen LogP contribution in [0.3, 0.4) is 0 Å². The highest BCUT2D eigenvalue weighted by Gasteiger charge is 2.29. The molecule has 1 N–H and O–H groups in total. The third-order valence-electron chi connectivity index (χ3n) is 2.19. The van der Waals surface area contributed by atoms with Crippen LogP contribution in [0.5, 0.6) is 5.75 Å². The summed E-state index contributed by atoms with van der Waals surface area (Å²) < 4.78 is 63.8. The summed E-state index contributed by atoms with van der Waals surface area (Å²) in [6.07, 6.45) is -4.58. The maximum absolute atomic E-state index is 12.0. The van der Waals surface area contributed by atoms with Crippen LogP contribution in [0.25, 0.3) is 0 Å². The van der Waals surface area contributed by atoms with Crippen molar-refractivity contribution in [2.45, 2.75) is 11.1 Å². The maximum atomic E-state index is 12.0. The quantitative estimate of drug-likeness (QED) is 0.775. The molecule has 0 aromatic heterocycles. The predicted molar refractivity (Wildman–Crippen MR) is 72.1 cm³/mol. The summed E-state index contributed by atoms with van der Waals surface area (Å²) in [5, 5.41) is 1.62. The summed E-state index contributed by atoms with van der Waals surface area (Å²) >= 11 is 2.96. The van der Waals surface area contributed by atoms with Gasteiger partial charge in [-0.05, 0) is 28.1 Å². The zero-order valence-corrected chi connectivity index (χ0v) is 13.5. The molecule has 0 atom stereocenters. The van der Waals surface area contributed by atoms with Gasteiger partial charge in [0.15, 0.2) is 5.75 Å². The summed E-state index contributed by atoms with van der Waals surface area (Å²) in [6, 6.07) is 1.95. The van der Waals surface area contributed by atoms with Gasteiger partial charge in [0.1, 0.15) is 11.4 Å². The average molecular weight is 411 g/mol. The Kier molecular flexibility index (Phi) is 5.51. The van der Waals surface area contributed by atoms with Crippen molar-refractivity contribution in [2.24, 2.45) is 0 Å². The van der Waals surface area contributed by atoms with E-state index in [1.54, 1.807) is 5.32 Å². The predicted octanol–water partition coefficient (Wildman–Crippen LogP) is 2.68. The fourth-order valence-electron chi connectivity index (χ4n) is 1.36. The molecular weight excluding hydrogens is 403 g/mol. The zero-order chi connectivity index (χ0) is 16.4. The van der Waals surface area contributed by atoms with E-state index in [0.29, 0.717) is 0 Å². The molecule has 1 aromatic carbocycles. The highest BCUT2D eigenvalue weighted by atomic mass is 79.9. The molecule has 21 heavy (non-hydrogen) atoms. The van der Waals surface area contributed by atoms with E-state index in [2.05, 4.69) is 15.9 Å². The van der Waals surface area contributed by atoms with Crippen LogP contribution in [0.2, 0.25) is 0 Å². The van der Waals surface area contributed by atoms with Crippen molar-refractivity contribution in [1.82, 2.24) is 5.32 Å². The fourth-order valence-corrected chi connectivity index (χ4v) is 3.14. The normalized spacial score (nSPS) is 12.1. The van der Waals surface area contributed by atoms with Gasteiger partial charge in [-0.2, -0.15) is 13.2 Å². The lowest BCUT2D eigenvalue weighted by atomic mass is 10.2. The van der Waals surface area contributed by atoms with Crippen LogP contribution in [-0.4, -0.2) is 34.2 Å². The minimum atomic E-state index is -4.58. The van der Waals surface area contributed by atoms with Gasteiger partial charge in [-0.3, -0.25) is 4.79 Å². The number of amides is 1. The Morgan fingerprint density at radius 1 is 1.43 bits per heavy atom. The standard InChI is InChI=1S/C10H8BrClF3NO4S/c1-20-8-6(11)2-5(3-7(8)21(12,18)19)9(17)16-4-10(13,14)15/h2-3H,4H2,1H3,(H,16,17). The van der Waals surface area contributed by atoms with Crippen LogP contribution in [0, 0.1) is 0 Å². The first kappa shape index (κ1) is 18.1. The van der Waals surface area contributed by atoms with E-state index in [1.807, 2.05) is 0 Å². The van der Waals surface area contributed by atoms with Crippen LogP contribution in [0.1, 0.15) is 10.4 Å². The van der Waals surface area contributed by atoms with Gasteiger partial charge in [-0.15, -0.1) is 0 Å². The minimum Gasteiger partial charge on any atom is -0.494 e. The highest BCUT2D eigenvalue weighted by Crippen LogP contribution is 2.35. The molecule has 118 valence electrons. The summed E-state index contributed by atoms with van der Waals surface area (Å²) in [5.41, 5.74) is -0.314. The summed E-state index contributed by atoms with van der Waals surface area (Å²) in [6.45, 7) is -1.54. The van der Waals surface area contributed by atoms with E-state index >= 15 is 0 Å². The minimum absolute atomic E-state index is 0.0592. The monoisotopic (exact) mass is 409 g/mol. The van der Waals surface area contributed by atoms with Gasteiger partial charge in [-0.1, -0.05) is 0 Å². The molecule has 0 aliphatic rings. The van der Waals surface area contributed by atoms with Crippen LogP contribution in [0.4, 0.5) is 13.2 Å². The molecule has 0 saturated carbocycles.